The van der Waals surface area contributed by atoms with Gasteiger partial charge in [0, 0.05) is 41.3 Å². The minimum Gasteiger partial charge on any atom is -0.469 e. The molecule has 0 unspecified atom stereocenters. The molecule has 5 bridgehead atoms. The maximum atomic E-state index is 17.0. The number of ketones is 1. The Bertz CT molecular complexity index is 2920. The van der Waals surface area contributed by atoms with Crippen molar-refractivity contribution in [1.29, 1.82) is 0 Å². The Labute approximate surface area is 465 Å². The summed E-state index contributed by atoms with van der Waals surface area (Å²) in [6, 6.07) is 13.1. The highest BCUT2D eigenvalue weighted by molar-refractivity contribution is 5.94. The van der Waals surface area contributed by atoms with Crippen LogP contribution >= 0.6 is 0 Å². The zero-order valence-electron chi connectivity index (χ0n) is 46.9. The van der Waals surface area contributed by atoms with Crippen LogP contribution < -0.4 is 5.32 Å². The van der Waals surface area contributed by atoms with Crippen LogP contribution in [0.2, 0.25) is 0 Å². The number of aliphatic hydroxyl groups is 3. The summed E-state index contributed by atoms with van der Waals surface area (Å²) >= 11 is 0. The SMILES string of the molecule is CC(C)C[C@H]1C=C2C[C@H]3CCC[C@]34C[C@@H]3C[C@@]5(C)[C@H](c6ccoc6C[C@@H]([C@@H]6CC[C@H]7[C@H](C=CN8CNC[C@@H]78)C6)[C@H](O)CO)OC(=O)[C@H]6O[C@]65[C@]5([C@H]6CCC[C@H](Cc7ccccc7)C6)[C@H](O)C(=O)[C@@H]6[C@@]1(C)O[C@]21[C@H]4C(=O)OC[C@@]61[C@@H]35. The van der Waals surface area contributed by atoms with Gasteiger partial charge in [-0.3, -0.25) is 14.9 Å². The third kappa shape index (κ3) is 6.12. The van der Waals surface area contributed by atoms with E-state index in [1.807, 2.05) is 6.07 Å². The number of nitrogens with one attached hydrogen (secondary N) is 1. The molecule has 7 aliphatic heterocycles. The fraction of sp³-hybridized carbons (Fsp3) is 0.742. The number of hydrogen-bond acceptors (Lipinski definition) is 13. The number of cyclic esters (lactones) is 2. The summed E-state index contributed by atoms with van der Waals surface area (Å²) in [6.45, 7) is 10.4. The summed E-state index contributed by atoms with van der Waals surface area (Å²) in [5, 5.41) is 40.7. The number of carbonyl (C=O) groups is 3. The van der Waals surface area contributed by atoms with Gasteiger partial charge in [0.1, 0.15) is 35.8 Å². The van der Waals surface area contributed by atoms with Gasteiger partial charge in [-0.05, 0) is 172 Å². The number of hydrogen-bond donors (Lipinski definition) is 4. The Balaban J connectivity index is 0.879. The molecule has 12 fully saturated rings. The number of nitrogens with zero attached hydrogens (tertiary/aromatic N) is 1. The standard InChI is InChI=1S/C66H84N2O11/c1-35(2)22-43-27-44-26-41-14-9-19-62(41)30-40-29-60(3)56(46-18-21-75-50(46)28-47(49(70)32-69)38-15-16-45-39(25-38)17-20-68-34-67-31-48(45)68)77-59(74)57-66(60,78-57)64(42-13-8-12-37(24-42)23-36-10-6-5-7-11-36)52(40)63-33-76-58(73)54(62)65(44,63)79-61(43,4)53(63)51(71)55(64)72/h5-7,10-11,17-18,20-21,27,35,37-43,45,47-49,52-57,67,69-70,72H,8-9,12-16,19,22-26,28-34H2,1-4H3/t37-,38-,39-,40+,41-,42+,43+,45+,47+,48+,49-,52-,53-,54+,55-,56+,57-,60+,61+,62+,63-,64+,65+,66-/m1/s1. The third-order valence-electron chi connectivity index (χ3n) is 26.3. The lowest BCUT2D eigenvalue weighted by molar-refractivity contribution is -0.300. The van der Waals surface area contributed by atoms with Crippen LogP contribution in [-0.4, -0.2) is 106 Å². The fourth-order valence-corrected chi connectivity index (χ4v) is 24.2. The van der Waals surface area contributed by atoms with Gasteiger partial charge >= 0.3 is 11.9 Å². The van der Waals surface area contributed by atoms with Gasteiger partial charge in [0.2, 0.25) is 0 Å². The van der Waals surface area contributed by atoms with E-state index in [1.165, 1.54) is 11.1 Å². The van der Waals surface area contributed by atoms with Gasteiger partial charge < -0.3 is 43.6 Å². The monoisotopic (exact) mass is 1080 g/mol. The molecular weight excluding hydrogens is 997 g/mol. The van der Waals surface area contributed by atoms with E-state index in [4.69, 9.17) is 23.4 Å². The van der Waals surface area contributed by atoms with Crippen molar-refractivity contribution < 1.29 is 53.1 Å². The number of benzene rings is 1. The van der Waals surface area contributed by atoms with E-state index in [1.54, 1.807) is 6.26 Å². The van der Waals surface area contributed by atoms with Crippen LogP contribution in [0.3, 0.4) is 0 Å². The van der Waals surface area contributed by atoms with Crippen molar-refractivity contribution in [1.82, 2.24) is 10.2 Å². The van der Waals surface area contributed by atoms with E-state index in [2.05, 4.69) is 86.6 Å². The van der Waals surface area contributed by atoms with Crippen LogP contribution in [0, 0.1) is 98.6 Å². The molecule has 8 heterocycles. The number of aliphatic hydroxyl groups excluding tert-OH is 3. The highest BCUT2D eigenvalue weighted by atomic mass is 16.7. The highest BCUT2D eigenvalue weighted by Gasteiger charge is 2.98. The van der Waals surface area contributed by atoms with E-state index in [0.29, 0.717) is 42.4 Å². The Morgan fingerprint density at radius 2 is 1.76 bits per heavy atom. The number of epoxide rings is 1. The molecule has 1 aromatic heterocycles. The topological polar surface area (TPSA) is 181 Å². The Morgan fingerprint density at radius 1 is 0.924 bits per heavy atom. The van der Waals surface area contributed by atoms with Gasteiger partial charge in [-0.2, -0.15) is 0 Å². The molecule has 424 valence electrons. The average Bonchev–Trinajstić information content (AvgIpc) is 1.71. The largest absolute Gasteiger partial charge is 0.469 e. The molecule has 13 heteroatoms. The molecule has 79 heavy (non-hydrogen) atoms. The van der Waals surface area contributed by atoms with E-state index in [-0.39, 0.29) is 66.4 Å². The normalized spacial score (nSPS) is 50.7. The van der Waals surface area contributed by atoms with Crippen LogP contribution in [0.1, 0.15) is 141 Å². The lowest BCUT2D eigenvalue weighted by atomic mass is 9.29. The molecule has 2 aromatic rings. The second kappa shape index (κ2) is 17.1. The Hall–Kier alpha value is -3.85. The van der Waals surface area contributed by atoms with Gasteiger partial charge in [0.15, 0.2) is 11.9 Å². The summed E-state index contributed by atoms with van der Waals surface area (Å²) in [5.41, 5.74) is -4.06. The Morgan fingerprint density at radius 3 is 2.58 bits per heavy atom. The lowest BCUT2D eigenvalue weighted by Gasteiger charge is -2.72. The first-order valence-corrected chi connectivity index (χ1v) is 31.3. The summed E-state index contributed by atoms with van der Waals surface area (Å²) in [4.78, 5) is 50.4. The number of fused-ring (bicyclic) bond motifs is 5. The zero-order valence-corrected chi connectivity index (χ0v) is 46.9. The fourth-order valence-electron chi connectivity index (χ4n) is 24.2. The van der Waals surface area contributed by atoms with Gasteiger partial charge in [0.25, 0.3) is 0 Å². The molecule has 7 saturated carbocycles. The predicted molar refractivity (Wildman–Crippen MR) is 289 cm³/mol. The average molecular weight is 1080 g/mol. The van der Waals surface area contributed by atoms with E-state index in [0.717, 1.165) is 109 Å². The van der Waals surface area contributed by atoms with E-state index < -0.39 is 86.6 Å². The van der Waals surface area contributed by atoms with Gasteiger partial charge in [-0.15, -0.1) is 0 Å². The highest BCUT2D eigenvalue weighted by Crippen LogP contribution is 2.90. The van der Waals surface area contributed by atoms with E-state index >= 15 is 14.4 Å². The summed E-state index contributed by atoms with van der Waals surface area (Å²) < 4.78 is 36.1. The molecule has 0 amide bonds. The van der Waals surface area contributed by atoms with Crippen LogP contribution in [0.5, 0.6) is 0 Å². The molecule has 7 aliphatic carbocycles. The molecule has 4 N–H and O–H groups in total. The lowest BCUT2D eigenvalue weighted by Crippen LogP contribution is -2.82. The predicted octanol–water partition coefficient (Wildman–Crippen LogP) is 8.44. The first-order valence-electron chi connectivity index (χ1n) is 31.3. The first-order chi connectivity index (χ1) is 38.1. The van der Waals surface area contributed by atoms with Crippen molar-refractivity contribution in [3.63, 3.8) is 0 Å². The van der Waals surface area contributed by atoms with Crippen molar-refractivity contribution >= 4 is 17.7 Å². The molecule has 16 rings (SSSR count). The molecule has 24 atom stereocenters. The molecule has 14 aliphatic rings. The summed E-state index contributed by atoms with van der Waals surface area (Å²) in [7, 11) is 0. The number of allylic oxidation sites excluding steroid dienone is 1. The maximum Gasteiger partial charge on any atom is 0.339 e. The molecule has 13 nitrogen and oxygen atoms in total. The van der Waals surface area contributed by atoms with E-state index in [9.17, 15) is 15.3 Å². The number of furan rings is 1. The maximum absolute atomic E-state index is 17.0. The van der Waals surface area contributed by atoms with Crippen LogP contribution in [-0.2, 0) is 46.2 Å². The van der Waals surface area contributed by atoms with Crippen LogP contribution in [0.25, 0.3) is 0 Å². The number of esters is 2. The minimum absolute atomic E-state index is 0.0385. The molecule has 1 aromatic carbocycles. The smallest absolute Gasteiger partial charge is 0.339 e. The van der Waals surface area contributed by atoms with Gasteiger partial charge in [-0.25, -0.2) is 4.79 Å². The quantitative estimate of drug-likeness (QED) is 0.0958. The molecule has 4 spiro atoms. The van der Waals surface area contributed by atoms with Gasteiger partial charge in [0.05, 0.1) is 48.5 Å². The first kappa shape index (κ1) is 50.8. The molecular formula is C66H84N2O11. The number of ether oxygens (including phenoxy) is 4. The number of carbonyl (C=O) groups excluding carboxylic acids is 3. The Kier molecular flexibility index (Phi) is 11.0. The zero-order chi connectivity index (χ0) is 54.0. The second-order valence-corrected chi connectivity index (χ2v) is 29.6. The van der Waals surface area contributed by atoms with Crippen molar-refractivity contribution in [2.24, 2.45) is 98.6 Å². The number of Topliss-reactive ketones (excluding diaryl/α,β-unsaturated/α-hetero) is 1. The minimum atomic E-state index is -1.50. The number of rotatable bonds is 11. The third-order valence-corrected chi connectivity index (χ3v) is 26.3. The van der Waals surface area contributed by atoms with Crippen molar-refractivity contribution in [2.45, 2.75) is 178 Å². The van der Waals surface area contributed by atoms with Crippen LogP contribution in [0.15, 0.2) is 71.0 Å². The molecule has 5 saturated heterocycles. The van der Waals surface area contributed by atoms with Crippen molar-refractivity contribution in [3.8, 4) is 0 Å². The second-order valence-electron chi connectivity index (χ2n) is 29.6. The van der Waals surface area contributed by atoms with Gasteiger partial charge in [-0.1, -0.05) is 82.5 Å². The summed E-state index contributed by atoms with van der Waals surface area (Å²) in [5.74, 6) is -1.03. The van der Waals surface area contributed by atoms with Crippen molar-refractivity contribution in [3.05, 3.63) is 83.5 Å². The molecule has 0 radical (unpaired) electrons. The summed E-state index contributed by atoms with van der Waals surface area (Å²) in [6.07, 6.45) is 17.7. The van der Waals surface area contributed by atoms with Crippen LogP contribution in [0.4, 0.5) is 0 Å². The van der Waals surface area contributed by atoms with Crippen molar-refractivity contribution in [2.75, 3.05) is 26.4 Å².